The third-order valence-electron chi connectivity index (χ3n) is 8.82. The Morgan fingerprint density at radius 3 is 2.36 bits per heavy atom. The van der Waals surface area contributed by atoms with Crippen molar-refractivity contribution in [3.8, 4) is 0 Å². The molecule has 2 aromatic heterocycles. The van der Waals surface area contributed by atoms with Gasteiger partial charge in [-0.1, -0.05) is 62.3 Å². The summed E-state index contributed by atoms with van der Waals surface area (Å²) in [6.07, 6.45) is 2.92. The molecule has 0 aliphatic carbocycles. The van der Waals surface area contributed by atoms with E-state index < -0.39 is 29.2 Å². The summed E-state index contributed by atoms with van der Waals surface area (Å²) in [5, 5.41) is 9.63. The number of ether oxygens (including phenoxy) is 1. The van der Waals surface area contributed by atoms with Crippen LogP contribution in [0.15, 0.2) is 17.3 Å². The summed E-state index contributed by atoms with van der Waals surface area (Å²) in [6, 6.07) is 0. The number of nitrogens with one attached hydrogen (secondary N) is 1. The molecular weight excluding hydrogens is 530 g/mol. The molecule has 0 bridgehead atoms. The van der Waals surface area contributed by atoms with E-state index >= 15 is 0 Å². The topological polar surface area (TPSA) is 108 Å². The number of H-pyrrole nitrogens is 1. The number of aromatic nitrogens is 3. The minimum atomic E-state index is -2.79. The smallest absolute Gasteiger partial charge is 0.349 e. The first-order chi connectivity index (χ1) is 17.8. The van der Waals surface area contributed by atoms with Crippen LogP contribution in [0.1, 0.15) is 80.5 Å². The van der Waals surface area contributed by atoms with Crippen molar-refractivity contribution in [3.63, 3.8) is 0 Å². The first kappa shape index (κ1) is 30.6. The average molecular weight is 580 g/mol. The van der Waals surface area contributed by atoms with Gasteiger partial charge in [0.2, 0.25) is 0 Å². The van der Waals surface area contributed by atoms with E-state index in [0.29, 0.717) is 30.5 Å². The van der Waals surface area contributed by atoms with Crippen molar-refractivity contribution in [1.82, 2.24) is 14.5 Å². The molecule has 220 valence electrons. The zero-order valence-corrected chi connectivity index (χ0v) is 27.7. The van der Waals surface area contributed by atoms with E-state index in [2.05, 4.69) is 85.4 Å². The Morgan fingerprint density at radius 1 is 1.15 bits per heavy atom. The van der Waals surface area contributed by atoms with Crippen LogP contribution in [-0.2, 0) is 24.4 Å². The predicted molar refractivity (Wildman–Crippen MR) is 158 cm³/mol. The van der Waals surface area contributed by atoms with Gasteiger partial charge in [0, 0.05) is 22.9 Å². The fourth-order valence-corrected chi connectivity index (χ4v) is 12.3. The molecule has 0 amide bonds. The second kappa shape index (κ2) is 10.2. The Labute approximate surface area is 235 Å². The summed E-state index contributed by atoms with van der Waals surface area (Å²) in [6.45, 7) is 24.9. The molecule has 4 rings (SSSR count). The lowest BCUT2D eigenvalue weighted by Gasteiger charge is -2.54. The van der Waals surface area contributed by atoms with Crippen molar-refractivity contribution in [3.05, 3.63) is 28.4 Å². The molecule has 0 spiro atoms. The third-order valence-corrected chi connectivity index (χ3v) is 18.4. The van der Waals surface area contributed by atoms with Gasteiger partial charge in [0.05, 0.1) is 18.3 Å². The van der Waals surface area contributed by atoms with Gasteiger partial charge in [-0.05, 0) is 36.5 Å². The van der Waals surface area contributed by atoms with Crippen molar-refractivity contribution in [2.24, 2.45) is 0 Å². The minimum Gasteiger partial charge on any atom is -0.407 e. The van der Waals surface area contributed by atoms with Crippen LogP contribution < -0.4 is 5.56 Å². The van der Waals surface area contributed by atoms with Crippen molar-refractivity contribution in [1.29, 1.82) is 0 Å². The van der Waals surface area contributed by atoms with Gasteiger partial charge in [-0.3, -0.25) is 4.79 Å². The lowest BCUT2D eigenvalue weighted by molar-refractivity contribution is -0.0794. The second-order valence-corrected chi connectivity index (χ2v) is 24.3. The number of fused-ring (bicyclic) bond motifs is 2. The molecule has 0 aromatic carbocycles. The Kier molecular flexibility index (Phi) is 7.99. The van der Waals surface area contributed by atoms with E-state index in [0.717, 1.165) is 5.56 Å². The van der Waals surface area contributed by atoms with Crippen LogP contribution in [0.25, 0.3) is 11.0 Å². The van der Waals surface area contributed by atoms with Gasteiger partial charge in [0.15, 0.2) is 14.5 Å². The van der Waals surface area contributed by atoms with E-state index in [1.54, 1.807) is 0 Å². The summed E-state index contributed by atoms with van der Waals surface area (Å²) in [7, 11) is -5.06. The van der Waals surface area contributed by atoms with Crippen molar-refractivity contribution >= 4 is 27.9 Å². The van der Waals surface area contributed by atoms with Crippen molar-refractivity contribution < 1.29 is 23.1 Å². The van der Waals surface area contributed by atoms with E-state index in [-0.39, 0.29) is 39.5 Å². The SMILES string of the molecule is CC(C)(C)[Si](C)(C)O[C@@H]1[C@@H]2O[Si](C(C)(C)C)(C(C)(C)C)OC[C@H]2O[C@H]1n1cc(CCCO)c2c(=O)[nH]cnc21. The monoisotopic (exact) mass is 579 g/mol. The van der Waals surface area contributed by atoms with Crippen LogP contribution in [0.3, 0.4) is 0 Å². The zero-order valence-electron chi connectivity index (χ0n) is 25.7. The summed E-state index contributed by atoms with van der Waals surface area (Å²) in [4.78, 5) is 20.2. The van der Waals surface area contributed by atoms with Gasteiger partial charge >= 0.3 is 8.56 Å². The predicted octanol–water partition coefficient (Wildman–Crippen LogP) is 5.40. The molecule has 9 nitrogen and oxygen atoms in total. The number of rotatable bonds is 6. The highest BCUT2D eigenvalue weighted by atomic mass is 28.4. The second-order valence-electron chi connectivity index (χ2n) is 14.7. The van der Waals surface area contributed by atoms with Crippen LogP contribution in [0.2, 0.25) is 28.2 Å². The Balaban J connectivity index is 1.86. The molecule has 2 aliphatic heterocycles. The first-order valence-corrected chi connectivity index (χ1v) is 18.9. The quantitative estimate of drug-likeness (QED) is 0.442. The molecule has 39 heavy (non-hydrogen) atoms. The minimum absolute atomic E-state index is 0.0240. The Bertz CT molecular complexity index is 1220. The van der Waals surface area contributed by atoms with Crippen molar-refractivity contribution in [2.45, 2.75) is 128 Å². The van der Waals surface area contributed by atoms with Crippen LogP contribution in [0.5, 0.6) is 0 Å². The third kappa shape index (κ3) is 5.24. The number of aromatic amines is 1. The highest BCUT2D eigenvalue weighted by molar-refractivity contribution is 6.74. The summed E-state index contributed by atoms with van der Waals surface area (Å²) >= 11 is 0. The average Bonchev–Trinajstić information content (AvgIpc) is 3.33. The number of aliphatic hydroxyl groups excluding tert-OH is 1. The molecule has 4 heterocycles. The number of hydrogen-bond donors (Lipinski definition) is 2. The summed E-state index contributed by atoms with van der Waals surface area (Å²) in [5.41, 5.74) is 1.19. The van der Waals surface area contributed by atoms with Gasteiger partial charge in [-0.2, -0.15) is 0 Å². The normalized spacial score (nSPS) is 26.3. The van der Waals surface area contributed by atoms with E-state index in [1.165, 1.54) is 6.33 Å². The summed E-state index contributed by atoms with van der Waals surface area (Å²) in [5.74, 6) is 0. The molecule has 0 unspecified atom stereocenters. The molecular formula is C28H49N3O6Si2. The lowest BCUT2D eigenvalue weighted by atomic mass is 10.1. The molecule has 2 saturated heterocycles. The number of aliphatic hydroxyl groups is 1. The molecule has 2 aliphatic rings. The van der Waals surface area contributed by atoms with Gasteiger partial charge in [0.25, 0.3) is 5.56 Å². The van der Waals surface area contributed by atoms with Gasteiger partial charge < -0.3 is 32.7 Å². The number of hydrogen-bond acceptors (Lipinski definition) is 7. The van der Waals surface area contributed by atoms with E-state index in [4.69, 9.17) is 18.0 Å². The Morgan fingerprint density at radius 2 is 1.79 bits per heavy atom. The fourth-order valence-electron chi connectivity index (χ4n) is 6.01. The van der Waals surface area contributed by atoms with Crippen LogP contribution in [-0.4, -0.2) is 68.0 Å². The molecule has 0 radical (unpaired) electrons. The fraction of sp³-hybridized carbons (Fsp3) is 0.786. The maximum atomic E-state index is 12.9. The first-order valence-electron chi connectivity index (χ1n) is 14.2. The summed E-state index contributed by atoms with van der Waals surface area (Å²) < 4.78 is 29.8. The molecule has 2 fully saturated rings. The zero-order chi connectivity index (χ0) is 29.2. The highest BCUT2D eigenvalue weighted by Crippen LogP contribution is 2.56. The van der Waals surface area contributed by atoms with E-state index in [1.807, 2.05) is 10.8 Å². The molecule has 2 aromatic rings. The Hall–Kier alpha value is -1.35. The highest BCUT2D eigenvalue weighted by Gasteiger charge is 2.66. The van der Waals surface area contributed by atoms with Crippen LogP contribution in [0.4, 0.5) is 0 Å². The molecule has 2 N–H and O–H groups in total. The van der Waals surface area contributed by atoms with Gasteiger partial charge in [0.1, 0.15) is 24.0 Å². The van der Waals surface area contributed by atoms with E-state index in [9.17, 15) is 9.90 Å². The van der Waals surface area contributed by atoms with Crippen molar-refractivity contribution in [2.75, 3.05) is 13.2 Å². The largest absolute Gasteiger partial charge is 0.407 e. The maximum Gasteiger partial charge on any atom is 0.349 e. The van der Waals surface area contributed by atoms with Crippen LogP contribution in [0, 0.1) is 0 Å². The molecule has 11 heteroatoms. The molecule has 4 atom stereocenters. The molecule has 0 saturated carbocycles. The van der Waals surface area contributed by atoms with Gasteiger partial charge in [-0.15, -0.1) is 0 Å². The standard InChI is InChI=1S/C28H49N3O6Si2/c1-26(2,3)38(10,11)36-22-21-19(16-34-39(37-21,27(4,5)6)28(7,8)9)35-25(22)31-15-18(13-12-14-32)20-23(31)29-17-30-24(20)33/h15,17,19,21-22,25,32H,12-14,16H2,1-11H3,(H,29,30,33)/t19-,21-,22-,25-/m1/s1. The number of aryl methyl sites for hydroxylation is 1. The number of nitrogens with zero attached hydrogens (tertiary/aromatic N) is 2. The van der Waals surface area contributed by atoms with Crippen LogP contribution >= 0.6 is 0 Å². The van der Waals surface area contributed by atoms with Gasteiger partial charge in [-0.25, -0.2) is 4.98 Å². The maximum absolute atomic E-state index is 12.9. The lowest BCUT2D eigenvalue weighted by Crippen LogP contribution is -2.66.